The Bertz CT molecular complexity index is 1090. The zero-order valence-corrected chi connectivity index (χ0v) is 17.6. The van der Waals surface area contributed by atoms with Gasteiger partial charge in [-0.15, -0.1) is 0 Å². The molecule has 0 fully saturated rings. The molecule has 3 aromatic rings. The number of ether oxygens (including phenoxy) is 1. The number of carbonyl (C=O) groups excluding carboxylic acids is 1. The molecule has 0 atom stereocenters. The molecule has 0 spiro atoms. The number of carbonyl (C=O) groups is 1. The lowest BCUT2D eigenvalue weighted by Gasteiger charge is -2.14. The first-order chi connectivity index (χ1) is 14.1. The van der Waals surface area contributed by atoms with Crippen molar-refractivity contribution in [3.8, 4) is 5.69 Å². The van der Waals surface area contributed by atoms with E-state index in [1.165, 1.54) is 10.7 Å². The number of esters is 1. The minimum atomic E-state index is -0.760. The smallest absolute Gasteiger partial charge is 0.341 e. The van der Waals surface area contributed by atoms with Gasteiger partial charge in [-0.3, -0.25) is 0 Å². The van der Waals surface area contributed by atoms with Crippen LogP contribution >= 0.6 is 0 Å². The van der Waals surface area contributed by atoms with Crippen LogP contribution in [0.3, 0.4) is 0 Å². The van der Waals surface area contributed by atoms with Crippen molar-refractivity contribution in [3.05, 3.63) is 65.0 Å². The number of aromatic nitrogens is 3. The predicted octanol–water partition coefficient (Wildman–Crippen LogP) is 5.07. The summed E-state index contributed by atoms with van der Waals surface area (Å²) in [6.07, 6.45) is 0. The molecule has 6 nitrogen and oxygen atoms in total. The van der Waals surface area contributed by atoms with Crippen LogP contribution in [0.15, 0.2) is 36.4 Å². The molecular formula is C22H24F2N4O2. The molecule has 0 saturated heterocycles. The summed E-state index contributed by atoms with van der Waals surface area (Å²) in [5.41, 5.74) is 1.34. The summed E-state index contributed by atoms with van der Waals surface area (Å²) in [5, 5.41) is 7.60. The Morgan fingerprint density at radius 1 is 1.17 bits per heavy atom. The van der Waals surface area contributed by atoms with Crippen LogP contribution < -0.4 is 5.32 Å². The third-order valence-electron chi connectivity index (χ3n) is 4.39. The standard InChI is InChI=1S/C22H24F2N4O2/c1-6-30-21(29)15-9-7-13(2)25-20(15)26-19-12-18(22(3,4)5)27-28(19)17-10-8-14(23)11-16(17)24/h7-12H,6H2,1-5H3,(H,25,26). The van der Waals surface area contributed by atoms with E-state index in [9.17, 15) is 13.6 Å². The van der Waals surface area contributed by atoms with Gasteiger partial charge in [0.05, 0.1) is 12.3 Å². The fourth-order valence-electron chi connectivity index (χ4n) is 2.82. The Morgan fingerprint density at radius 2 is 1.90 bits per heavy atom. The number of anilines is 2. The van der Waals surface area contributed by atoms with Gasteiger partial charge in [0.25, 0.3) is 0 Å². The molecule has 3 rings (SSSR count). The van der Waals surface area contributed by atoms with Crippen LogP contribution in [0.25, 0.3) is 5.69 Å². The van der Waals surface area contributed by atoms with E-state index in [0.717, 1.165) is 12.1 Å². The van der Waals surface area contributed by atoms with Crippen molar-refractivity contribution in [1.29, 1.82) is 0 Å². The van der Waals surface area contributed by atoms with E-state index < -0.39 is 17.6 Å². The Labute approximate surface area is 173 Å². The third kappa shape index (κ3) is 4.48. The van der Waals surface area contributed by atoms with E-state index in [2.05, 4.69) is 15.4 Å². The molecule has 30 heavy (non-hydrogen) atoms. The van der Waals surface area contributed by atoms with Gasteiger partial charge in [-0.1, -0.05) is 20.8 Å². The summed E-state index contributed by atoms with van der Waals surface area (Å²) in [6, 6.07) is 8.34. The van der Waals surface area contributed by atoms with E-state index in [1.54, 1.807) is 32.0 Å². The average molecular weight is 414 g/mol. The van der Waals surface area contributed by atoms with E-state index in [4.69, 9.17) is 4.74 Å². The van der Waals surface area contributed by atoms with Crippen LogP contribution in [-0.2, 0) is 10.2 Å². The summed E-state index contributed by atoms with van der Waals surface area (Å²) in [6.45, 7) is 9.64. The lowest BCUT2D eigenvalue weighted by Crippen LogP contribution is -2.13. The summed E-state index contributed by atoms with van der Waals surface area (Å²) >= 11 is 0. The van der Waals surface area contributed by atoms with Gasteiger partial charge in [0.2, 0.25) is 0 Å². The number of aryl methyl sites for hydroxylation is 1. The third-order valence-corrected chi connectivity index (χ3v) is 4.39. The number of nitrogens with one attached hydrogen (secondary N) is 1. The quantitative estimate of drug-likeness (QED) is 0.590. The van der Waals surface area contributed by atoms with E-state index in [0.29, 0.717) is 17.2 Å². The molecule has 0 unspecified atom stereocenters. The Kier molecular flexibility index (Phi) is 5.87. The highest BCUT2D eigenvalue weighted by Gasteiger charge is 2.23. The molecule has 2 heterocycles. The van der Waals surface area contributed by atoms with Gasteiger partial charge in [-0.2, -0.15) is 5.10 Å². The fourth-order valence-corrected chi connectivity index (χ4v) is 2.82. The Hall–Kier alpha value is -3.29. The van der Waals surface area contributed by atoms with Crippen LogP contribution in [0.5, 0.6) is 0 Å². The van der Waals surface area contributed by atoms with E-state index in [-0.39, 0.29) is 29.1 Å². The van der Waals surface area contributed by atoms with Crippen molar-refractivity contribution < 1.29 is 18.3 Å². The second-order valence-electron chi connectivity index (χ2n) is 7.87. The molecule has 0 aliphatic carbocycles. The molecule has 0 radical (unpaired) electrons. The van der Waals surface area contributed by atoms with Gasteiger partial charge in [0, 0.05) is 23.2 Å². The molecule has 0 aliphatic rings. The summed E-state index contributed by atoms with van der Waals surface area (Å²) in [7, 11) is 0. The molecule has 0 bridgehead atoms. The molecule has 0 amide bonds. The van der Waals surface area contributed by atoms with Gasteiger partial charge in [0.15, 0.2) is 5.82 Å². The number of rotatable bonds is 5. The number of nitrogens with zero attached hydrogens (tertiary/aromatic N) is 3. The highest BCUT2D eigenvalue weighted by molar-refractivity contribution is 5.95. The topological polar surface area (TPSA) is 69.0 Å². The highest BCUT2D eigenvalue weighted by atomic mass is 19.1. The number of halogens is 2. The number of benzene rings is 1. The monoisotopic (exact) mass is 414 g/mol. The van der Waals surface area contributed by atoms with Crippen molar-refractivity contribution in [2.75, 3.05) is 11.9 Å². The molecule has 0 aliphatic heterocycles. The van der Waals surface area contributed by atoms with Gasteiger partial charge < -0.3 is 10.1 Å². The lowest BCUT2D eigenvalue weighted by molar-refractivity contribution is 0.0527. The maximum atomic E-state index is 14.5. The fraction of sp³-hybridized carbons (Fsp3) is 0.318. The van der Waals surface area contributed by atoms with Gasteiger partial charge >= 0.3 is 5.97 Å². The zero-order chi connectivity index (χ0) is 22.1. The van der Waals surface area contributed by atoms with Crippen LogP contribution in [-0.4, -0.2) is 27.3 Å². The summed E-state index contributed by atoms with van der Waals surface area (Å²) in [4.78, 5) is 16.8. The van der Waals surface area contributed by atoms with E-state index in [1.807, 2.05) is 20.8 Å². The maximum absolute atomic E-state index is 14.5. The number of hydrogen-bond donors (Lipinski definition) is 1. The van der Waals surface area contributed by atoms with Crippen molar-refractivity contribution in [2.45, 2.75) is 40.0 Å². The van der Waals surface area contributed by atoms with Crippen LogP contribution in [0.2, 0.25) is 0 Å². The molecule has 2 aromatic heterocycles. The van der Waals surface area contributed by atoms with Gasteiger partial charge in [-0.05, 0) is 38.1 Å². The van der Waals surface area contributed by atoms with Crippen molar-refractivity contribution in [3.63, 3.8) is 0 Å². The number of hydrogen-bond acceptors (Lipinski definition) is 5. The first kappa shape index (κ1) is 21.4. The Balaban J connectivity index is 2.14. The summed E-state index contributed by atoms with van der Waals surface area (Å²) < 4.78 is 34.4. The molecule has 8 heteroatoms. The van der Waals surface area contributed by atoms with Crippen LogP contribution in [0.4, 0.5) is 20.4 Å². The van der Waals surface area contributed by atoms with Crippen LogP contribution in [0.1, 0.15) is 49.4 Å². The van der Waals surface area contributed by atoms with Crippen molar-refractivity contribution in [1.82, 2.24) is 14.8 Å². The lowest BCUT2D eigenvalue weighted by atomic mass is 9.92. The largest absolute Gasteiger partial charge is 0.462 e. The SMILES string of the molecule is CCOC(=O)c1ccc(C)nc1Nc1cc(C(C)(C)C)nn1-c1ccc(F)cc1F. The van der Waals surface area contributed by atoms with E-state index >= 15 is 0 Å². The zero-order valence-electron chi connectivity index (χ0n) is 17.6. The normalized spacial score (nSPS) is 11.4. The predicted molar refractivity (Wildman–Crippen MR) is 110 cm³/mol. The molecule has 158 valence electrons. The van der Waals surface area contributed by atoms with Gasteiger partial charge in [0.1, 0.15) is 28.7 Å². The van der Waals surface area contributed by atoms with Crippen LogP contribution in [0, 0.1) is 18.6 Å². The van der Waals surface area contributed by atoms with Crippen molar-refractivity contribution in [2.24, 2.45) is 0 Å². The molecular weight excluding hydrogens is 390 g/mol. The second-order valence-corrected chi connectivity index (χ2v) is 7.87. The van der Waals surface area contributed by atoms with Crippen molar-refractivity contribution >= 4 is 17.6 Å². The minimum Gasteiger partial charge on any atom is -0.462 e. The van der Waals surface area contributed by atoms with Gasteiger partial charge in [-0.25, -0.2) is 23.2 Å². The molecule has 1 aromatic carbocycles. The highest BCUT2D eigenvalue weighted by Crippen LogP contribution is 2.30. The molecule has 1 N–H and O–H groups in total. The number of pyridine rings is 1. The summed E-state index contributed by atoms with van der Waals surface area (Å²) in [5.74, 6) is -1.32. The first-order valence-electron chi connectivity index (χ1n) is 9.58. The Morgan fingerprint density at radius 3 is 2.53 bits per heavy atom. The average Bonchev–Trinajstić information content (AvgIpc) is 3.06. The maximum Gasteiger partial charge on any atom is 0.341 e. The second kappa shape index (κ2) is 8.22. The first-order valence-corrected chi connectivity index (χ1v) is 9.58. The minimum absolute atomic E-state index is 0.0692. The molecule has 0 saturated carbocycles.